The highest BCUT2D eigenvalue weighted by Crippen LogP contribution is 2.37. The number of piperazine rings is 1. The van der Waals surface area contributed by atoms with Crippen molar-refractivity contribution in [3.05, 3.63) is 63.3 Å². The molecule has 2 amide bonds. The van der Waals surface area contributed by atoms with E-state index in [1.807, 2.05) is 31.9 Å². The smallest absolute Gasteiger partial charge is 0.417 e. The van der Waals surface area contributed by atoms with Gasteiger partial charge < -0.3 is 24.8 Å². The standard InChI is InChI=1S/C30H37F4N5O4/c1-17(2)43-29(42)38-9-6-7-20(8-10-38)21-11-25(26(13-24(21)31)39-15-18(3)37(5)19(4)16-39)36-28(41)22-14-35-27(40)12-23(22)30(32,33)34/h7,11-14,17-19H,6,8-10,15-16H2,1-5H3,(H,35,40)(H,36,41)/t18-,19+. The Hall–Kier alpha value is -3.87. The maximum atomic E-state index is 15.8. The van der Waals surface area contributed by atoms with Crippen LogP contribution in [0.1, 0.15) is 62.0 Å². The first-order valence-electron chi connectivity index (χ1n) is 14.2. The molecule has 234 valence electrons. The molecule has 0 unspecified atom stereocenters. The molecule has 2 atom stereocenters. The number of ether oxygens (including phenoxy) is 1. The lowest BCUT2D eigenvalue weighted by molar-refractivity contribution is -0.138. The second kappa shape index (κ2) is 12.8. The number of alkyl halides is 3. The number of carbonyl (C=O) groups excluding carboxylic acids is 2. The highest BCUT2D eigenvalue weighted by molar-refractivity contribution is 6.07. The van der Waals surface area contributed by atoms with Gasteiger partial charge in [0, 0.05) is 56.1 Å². The molecular weight excluding hydrogens is 570 g/mol. The van der Waals surface area contributed by atoms with Gasteiger partial charge in [-0.15, -0.1) is 0 Å². The summed E-state index contributed by atoms with van der Waals surface area (Å²) in [4.78, 5) is 45.2. The molecule has 2 aliphatic rings. The zero-order valence-electron chi connectivity index (χ0n) is 24.8. The summed E-state index contributed by atoms with van der Waals surface area (Å²) in [5, 5.41) is 2.57. The number of hydrogen-bond acceptors (Lipinski definition) is 6. The number of carbonyl (C=O) groups is 2. The van der Waals surface area contributed by atoms with Crippen LogP contribution in [0.3, 0.4) is 0 Å². The van der Waals surface area contributed by atoms with Gasteiger partial charge in [0.2, 0.25) is 5.56 Å². The Morgan fingerprint density at radius 3 is 2.40 bits per heavy atom. The second-order valence-electron chi connectivity index (χ2n) is 11.4. The molecule has 1 aromatic carbocycles. The van der Waals surface area contributed by atoms with E-state index in [2.05, 4.69) is 15.2 Å². The van der Waals surface area contributed by atoms with E-state index in [1.54, 1.807) is 18.7 Å². The Morgan fingerprint density at radius 2 is 1.77 bits per heavy atom. The molecule has 0 radical (unpaired) electrons. The second-order valence-corrected chi connectivity index (χ2v) is 11.4. The van der Waals surface area contributed by atoms with Crippen LogP contribution in [0.4, 0.5) is 33.7 Å². The average molecular weight is 608 g/mol. The quantitative estimate of drug-likeness (QED) is 0.446. The lowest BCUT2D eigenvalue weighted by Gasteiger charge is -2.44. The first kappa shape index (κ1) is 32.1. The minimum Gasteiger partial charge on any atom is -0.447 e. The van der Waals surface area contributed by atoms with Gasteiger partial charge in [0.25, 0.3) is 5.91 Å². The van der Waals surface area contributed by atoms with Gasteiger partial charge in [-0.2, -0.15) is 13.2 Å². The largest absolute Gasteiger partial charge is 0.447 e. The number of amides is 2. The predicted molar refractivity (Wildman–Crippen MR) is 156 cm³/mol. The number of benzene rings is 1. The molecule has 1 aromatic heterocycles. The van der Waals surface area contributed by atoms with Crippen LogP contribution in [-0.2, 0) is 10.9 Å². The minimum atomic E-state index is -4.95. The van der Waals surface area contributed by atoms with E-state index in [1.165, 1.54) is 12.1 Å². The third kappa shape index (κ3) is 7.38. The summed E-state index contributed by atoms with van der Waals surface area (Å²) in [5.74, 6) is -1.66. The number of hydrogen-bond donors (Lipinski definition) is 2. The number of pyridine rings is 1. The molecular formula is C30H37F4N5O4. The van der Waals surface area contributed by atoms with Gasteiger partial charge in [0.1, 0.15) is 5.82 Å². The normalized spacial score (nSPS) is 20.1. The van der Waals surface area contributed by atoms with Crippen LogP contribution in [-0.4, -0.2) is 78.2 Å². The lowest BCUT2D eigenvalue weighted by atomic mass is 9.98. The van der Waals surface area contributed by atoms with Gasteiger partial charge in [0.05, 0.1) is 28.6 Å². The number of rotatable bonds is 5. The van der Waals surface area contributed by atoms with E-state index < -0.39 is 40.7 Å². The van der Waals surface area contributed by atoms with Crippen LogP contribution in [0.5, 0.6) is 0 Å². The molecule has 1 saturated heterocycles. The fourth-order valence-corrected chi connectivity index (χ4v) is 5.42. The van der Waals surface area contributed by atoms with E-state index in [9.17, 15) is 27.6 Å². The van der Waals surface area contributed by atoms with Crippen molar-refractivity contribution >= 4 is 28.9 Å². The Kier molecular flexibility index (Phi) is 9.53. The summed E-state index contributed by atoms with van der Waals surface area (Å²) < 4.78 is 62.3. The van der Waals surface area contributed by atoms with Crippen molar-refractivity contribution in [3.63, 3.8) is 0 Å². The SMILES string of the molecule is CC(C)OC(=O)N1CCC=C(c2cc(NC(=O)c3c[nH]c(=O)cc3C(F)(F)F)c(N3C[C@@H](C)N(C)[C@@H](C)C3)cc2F)CC1. The third-order valence-corrected chi connectivity index (χ3v) is 7.89. The van der Waals surface area contributed by atoms with Gasteiger partial charge >= 0.3 is 12.3 Å². The van der Waals surface area contributed by atoms with Crippen LogP contribution in [0, 0.1) is 5.82 Å². The molecule has 4 rings (SSSR count). The molecule has 2 N–H and O–H groups in total. The number of nitrogens with one attached hydrogen (secondary N) is 2. The lowest BCUT2D eigenvalue weighted by Crippen LogP contribution is -2.55. The molecule has 13 heteroatoms. The molecule has 43 heavy (non-hydrogen) atoms. The fourth-order valence-electron chi connectivity index (χ4n) is 5.42. The number of aromatic nitrogens is 1. The third-order valence-electron chi connectivity index (χ3n) is 7.89. The minimum absolute atomic E-state index is 0.0761. The van der Waals surface area contributed by atoms with Gasteiger partial charge in [-0.1, -0.05) is 6.08 Å². The Labute approximate surface area is 247 Å². The molecule has 3 heterocycles. The number of aromatic amines is 1. The van der Waals surface area contributed by atoms with Crippen molar-refractivity contribution in [2.45, 2.75) is 64.9 Å². The summed E-state index contributed by atoms with van der Waals surface area (Å²) in [6.45, 7) is 9.15. The molecule has 0 spiro atoms. The van der Waals surface area contributed by atoms with Crippen LogP contribution in [0.2, 0.25) is 0 Å². The highest BCUT2D eigenvalue weighted by Gasteiger charge is 2.36. The molecule has 0 aliphatic carbocycles. The number of nitrogens with zero attached hydrogens (tertiary/aromatic N) is 3. The number of H-pyrrole nitrogens is 1. The van der Waals surface area contributed by atoms with Crippen LogP contribution >= 0.6 is 0 Å². The zero-order valence-corrected chi connectivity index (χ0v) is 24.8. The molecule has 0 bridgehead atoms. The molecule has 1 fully saturated rings. The first-order chi connectivity index (χ1) is 20.1. The first-order valence-corrected chi connectivity index (χ1v) is 14.2. The van der Waals surface area contributed by atoms with Crippen molar-refractivity contribution in [2.24, 2.45) is 0 Å². The summed E-state index contributed by atoms with van der Waals surface area (Å²) in [7, 11) is 1.98. The predicted octanol–water partition coefficient (Wildman–Crippen LogP) is 5.34. The van der Waals surface area contributed by atoms with Gasteiger partial charge in [0.15, 0.2) is 0 Å². The van der Waals surface area contributed by atoms with Crippen molar-refractivity contribution in [3.8, 4) is 0 Å². The van der Waals surface area contributed by atoms with Gasteiger partial charge in [-0.3, -0.25) is 14.5 Å². The van der Waals surface area contributed by atoms with Crippen molar-refractivity contribution in [1.82, 2.24) is 14.8 Å². The van der Waals surface area contributed by atoms with Crippen LogP contribution < -0.4 is 15.8 Å². The summed E-state index contributed by atoms with van der Waals surface area (Å²) in [6, 6.07) is 3.22. The topological polar surface area (TPSA) is 98.0 Å². The monoisotopic (exact) mass is 607 g/mol. The maximum Gasteiger partial charge on any atom is 0.417 e. The van der Waals surface area contributed by atoms with Crippen LogP contribution in [0.15, 0.2) is 35.3 Å². The Morgan fingerprint density at radius 1 is 1.09 bits per heavy atom. The maximum absolute atomic E-state index is 15.8. The van der Waals surface area contributed by atoms with E-state index in [-0.39, 0.29) is 36.0 Å². The van der Waals surface area contributed by atoms with E-state index in [0.717, 1.165) is 6.20 Å². The van der Waals surface area contributed by atoms with Crippen molar-refractivity contribution < 1.29 is 31.9 Å². The average Bonchev–Trinajstić information content (AvgIpc) is 3.17. The number of halogens is 4. The molecule has 0 saturated carbocycles. The summed E-state index contributed by atoms with van der Waals surface area (Å²) >= 11 is 0. The van der Waals surface area contributed by atoms with Crippen molar-refractivity contribution in [1.29, 1.82) is 0 Å². The number of anilines is 2. The van der Waals surface area contributed by atoms with E-state index in [4.69, 9.17) is 4.74 Å². The van der Waals surface area contributed by atoms with Crippen LogP contribution in [0.25, 0.3) is 5.57 Å². The summed E-state index contributed by atoms with van der Waals surface area (Å²) in [6.07, 6.45) is -2.43. The Balaban J connectivity index is 1.73. The van der Waals surface area contributed by atoms with Gasteiger partial charge in [-0.25, -0.2) is 9.18 Å². The van der Waals surface area contributed by atoms with E-state index >= 15 is 4.39 Å². The molecule has 2 aromatic rings. The summed E-state index contributed by atoms with van der Waals surface area (Å²) in [5.41, 5.74) is -1.91. The molecule has 9 nitrogen and oxygen atoms in total. The number of likely N-dealkylation sites (N-methyl/N-ethyl adjacent to an activating group) is 1. The van der Waals surface area contributed by atoms with Crippen molar-refractivity contribution in [2.75, 3.05) is 43.4 Å². The van der Waals surface area contributed by atoms with E-state index in [0.29, 0.717) is 49.8 Å². The fraction of sp³-hybridized carbons (Fsp3) is 0.500. The van der Waals surface area contributed by atoms with Gasteiger partial charge in [-0.05, 0) is 65.3 Å². The molecule has 2 aliphatic heterocycles. The highest BCUT2D eigenvalue weighted by atomic mass is 19.4. The Bertz CT molecular complexity index is 1440. The zero-order chi connectivity index (χ0) is 31.6.